The van der Waals surface area contributed by atoms with Crippen LogP contribution >= 0.6 is 24.0 Å². The number of nitrogens with zero attached hydrogens (tertiary/aromatic N) is 5. The number of aryl methyl sites for hydroxylation is 1. The van der Waals surface area contributed by atoms with Gasteiger partial charge in [-0.15, -0.1) is 0 Å². The van der Waals surface area contributed by atoms with Crippen LogP contribution in [0.4, 0.5) is 11.5 Å². The molecule has 2 saturated heterocycles. The van der Waals surface area contributed by atoms with E-state index in [1.54, 1.807) is 30.8 Å². The smallest absolute Gasteiger partial charge is 0.267 e. The number of hydrogen-bond acceptors (Lipinski definition) is 8. The molecule has 8 nitrogen and oxygen atoms in total. The van der Waals surface area contributed by atoms with Crippen LogP contribution in [0.2, 0.25) is 0 Å². The van der Waals surface area contributed by atoms with Gasteiger partial charge in [0.2, 0.25) is 0 Å². The topological polar surface area (TPSA) is 70.4 Å². The summed E-state index contributed by atoms with van der Waals surface area (Å²) in [6.07, 6.45) is 3.36. The molecule has 0 spiro atoms. The summed E-state index contributed by atoms with van der Waals surface area (Å²) in [4.78, 5) is 37.5. The third kappa shape index (κ3) is 4.28. The molecule has 180 valence electrons. The van der Waals surface area contributed by atoms with E-state index in [1.165, 1.54) is 16.7 Å². The third-order valence-corrected chi connectivity index (χ3v) is 7.83. The zero-order valence-electron chi connectivity index (χ0n) is 19.7. The van der Waals surface area contributed by atoms with Crippen molar-refractivity contribution >= 4 is 57.4 Å². The van der Waals surface area contributed by atoms with Gasteiger partial charge in [-0.05, 0) is 48.9 Å². The quantitative estimate of drug-likeness (QED) is 0.394. The van der Waals surface area contributed by atoms with Crippen LogP contribution in [-0.2, 0) is 4.79 Å². The van der Waals surface area contributed by atoms with E-state index in [4.69, 9.17) is 21.9 Å². The SMILES string of the molecule is COc1ccc(N2CCN(c3nc4c(C)cccn4c(=O)c3C=C3SC(=S)N(C)C3=O)CC2)cc1. The highest BCUT2D eigenvalue weighted by Gasteiger charge is 2.30. The number of methoxy groups -OCH3 is 1. The lowest BCUT2D eigenvalue weighted by atomic mass is 10.2. The first-order valence-electron chi connectivity index (χ1n) is 11.2. The van der Waals surface area contributed by atoms with E-state index < -0.39 is 0 Å². The maximum Gasteiger partial charge on any atom is 0.267 e. The Hall–Kier alpha value is -3.37. The van der Waals surface area contributed by atoms with Crippen molar-refractivity contribution in [2.75, 3.05) is 50.1 Å². The monoisotopic (exact) mass is 507 g/mol. The van der Waals surface area contributed by atoms with E-state index in [0.29, 0.717) is 39.3 Å². The van der Waals surface area contributed by atoms with E-state index >= 15 is 0 Å². The van der Waals surface area contributed by atoms with Gasteiger partial charge in [-0.3, -0.25) is 18.9 Å². The van der Waals surface area contributed by atoms with Crippen LogP contribution in [0.1, 0.15) is 11.1 Å². The highest BCUT2D eigenvalue weighted by molar-refractivity contribution is 8.26. The largest absolute Gasteiger partial charge is 0.497 e. The van der Waals surface area contributed by atoms with Crippen molar-refractivity contribution < 1.29 is 9.53 Å². The highest BCUT2D eigenvalue weighted by atomic mass is 32.2. The Morgan fingerprint density at radius 3 is 2.37 bits per heavy atom. The molecule has 0 unspecified atom stereocenters. The van der Waals surface area contributed by atoms with Crippen LogP contribution in [0.5, 0.6) is 5.75 Å². The first-order valence-corrected chi connectivity index (χ1v) is 12.5. The molecule has 2 aliphatic heterocycles. The summed E-state index contributed by atoms with van der Waals surface area (Å²) in [6, 6.07) is 11.8. The minimum Gasteiger partial charge on any atom is -0.497 e. The number of aromatic nitrogens is 2. The number of anilines is 2. The summed E-state index contributed by atoms with van der Waals surface area (Å²) in [6.45, 7) is 4.87. The van der Waals surface area contributed by atoms with Crippen molar-refractivity contribution in [2.45, 2.75) is 6.92 Å². The molecule has 0 bridgehead atoms. The van der Waals surface area contributed by atoms with Crippen molar-refractivity contribution in [3.05, 3.63) is 69.0 Å². The van der Waals surface area contributed by atoms with Gasteiger partial charge in [0.1, 0.15) is 21.5 Å². The Kier molecular flexibility index (Phi) is 6.24. The predicted octanol–water partition coefficient (Wildman–Crippen LogP) is 3.17. The first-order chi connectivity index (χ1) is 16.9. The number of fused-ring (bicyclic) bond motifs is 1. The lowest BCUT2D eigenvalue weighted by Gasteiger charge is -2.37. The number of ether oxygens (including phenoxy) is 1. The molecule has 10 heteroatoms. The number of thiocarbonyl (C=S) groups is 1. The molecular weight excluding hydrogens is 482 g/mol. The summed E-state index contributed by atoms with van der Waals surface area (Å²) < 4.78 is 7.29. The molecule has 1 amide bonds. The van der Waals surface area contributed by atoms with Gasteiger partial charge in [-0.25, -0.2) is 4.98 Å². The zero-order chi connectivity index (χ0) is 24.7. The summed E-state index contributed by atoms with van der Waals surface area (Å²) in [5, 5.41) is 0. The number of rotatable bonds is 4. The van der Waals surface area contributed by atoms with E-state index in [9.17, 15) is 9.59 Å². The van der Waals surface area contributed by atoms with Crippen LogP contribution in [0.3, 0.4) is 0 Å². The fourth-order valence-corrected chi connectivity index (χ4v) is 5.48. The van der Waals surface area contributed by atoms with Gasteiger partial charge in [-0.2, -0.15) is 0 Å². The number of piperazine rings is 1. The molecular formula is C25H25N5O3S2. The number of benzene rings is 1. The van der Waals surface area contributed by atoms with Gasteiger partial charge in [-0.1, -0.05) is 30.0 Å². The second-order valence-corrected chi connectivity index (χ2v) is 10.1. The van der Waals surface area contributed by atoms with Gasteiger partial charge < -0.3 is 14.5 Å². The average molecular weight is 508 g/mol. The fourth-order valence-electron chi connectivity index (χ4n) is 4.31. The van der Waals surface area contributed by atoms with Gasteiger partial charge in [0.15, 0.2) is 0 Å². The molecule has 5 rings (SSSR count). The molecule has 2 aliphatic rings. The van der Waals surface area contributed by atoms with E-state index in [1.807, 2.05) is 31.2 Å². The highest BCUT2D eigenvalue weighted by Crippen LogP contribution is 2.33. The van der Waals surface area contributed by atoms with E-state index in [0.717, 1.165) is 30.1 Å². The molecule has 2 aromatic heterocycles. The maximum absolute atomic E-state index is 13.6. The molecule has 0 atom stereocenters. The van der Waals surface area contributed by atoms with Crippen molar-refractivity contribution in [3.63, 3.8) is 0 Å². The number of hydrogen-bond donors (Lipinski definition) is 0. The number of carbonyl (C=O) groups is 1. The van der Waals surface area contributed by atoms with Crippen LogP contribution in [0.25, 0.3) is 11.7 Å². The Bertz CT molecular complexity index is 1410. The van der Waals surface area contributed by atoms with E-state index in [2.05, 4.69) is 21.9 Å². The summed E-state index contributed by atoms with van der Waals surface area (Å²) in [7, 11) is 3.30. The zero-order valence-corrected chi connectivity index (χ0v) is 21.4. The standard InChI is InChI=1S/C25H25N5O3S2/c1-16-5-4-10-30-21(16)26-22(19(23(30)31)15-20-24(32)27(2)25(34)35-20)29-13-11-28(12-14-29)17-6-8-18(33-3)9-7-17/h4-10,15H,11-14H2,1-3H3. The lowest BCUT2D eigenvalue weighted by Crippen LogP contribution is -2.47. The Morgan fingerprint density at radius 1 is 1.06 bits per heavy atom. The second-order valence-electron chi connectivity index (χ2n) is 8.45. The van der Waals surface area contributed by atoms with Gasteiger partial charge in [0, 0.05) is 45.1 Å². The molecule has 0 saturated carbocycles. The van der Waals surface area contributed by atoms with Gasteiger partial charge >= 0.3 is 0 Å². The molecule has 0 aliphatic carbocycles. The van der Waals surface area contributed by atoms with E-state index in [-0.39, 0.29) is 11.5 Å². The van der Waals surface area contributed by atoms with Gasteiger partial charge in [0.05, 0.1) is 17.6 Å². The predicted molar refractivity (Wildman–Crippen MR) is 145 cm³/mol. The van der Waals surface area contributed by atoms with Crippen molar-refractivity contribution in [3.8, 4) is 5.75 Å². The van der Waals surface area contributed by atoms with Crippen molar-refractivity contribution in [1.82, 2.24) is 14.3 Å². The summed E-state index contributed by atoms with van der Waals surface area (Å²) >= 11 is 6.48. The number of pyridine rings is 1. The molecule has 3 aromatic rings. The van der Waals surface area contributed by atoms with Crippen LogP contribution < -0.4 is 20.1 Å². The lowest BCUT2D eigenvalue weighted by molar-refractivity contribution is -0.121. The van der Waals surface area contributed by atoms with Crippen LogP contribution in [0, 0.1) is 6.92 Å². The number of carbonyl (C=O) groups excluding carboxylic acids is 1. The van der Waals surface area contributed by atoms with Crippen molar-refractivity contribution in [1.29, 1.82) is 0 Å². The average Bonchev–Trinajstić information content (AvgIpc) is 3.12. The molecule has 2 fully saturated rings. The normalized spacial score (nSPS) is 17.7. The summed E-state index contributed by atoms with van der Waals surface area (Å²) in [5.74, 6) is 1.22. The maximum atomic E-state index is 13.6. The van der Waals surface area contributed by atoms with Gasteiger partial charge in [0.25, 0.3) is 11.5 Å². The molecule has 1 aromatic carbocycles. The minimum absolute atomic E-state index is 0.201. The van der Waals surface area contributed by atoms with Crippen molar-refractivity contribution in [2.24, 2.45) is 0 Å². The van der Waals surface area contributed by atoms with Crippen LogP contribution in [0.15, 0.2) is 52.3 Å². The Labute approximate surface area is 212 Å². The third-order valence-electron chi connectivity index (χ3n) is 6.34. The first kappa shape index (κ1) is 23.4. The van der Waals surface area contributed by atoms with Crippen LogP contribution in [-0.4, -0.2) is 64.8 Å². The Balaban J connectivity index is 1.52. The number of thioether (sulfide) groups is 1. The Morgan fingerprint density at radius 2 is 1.74 bits per heavy atom. The molecule has 4 heterocycles. The fraction of sp³-hybridized carbons (Fsp3) is 0.280. The molecule has 0 radical (unpaired) electrons. The second kappa shape index (κ2) is 9.35. The number of amides is 1. The minimum atomic E-state index is -0.205. The summed E-state index contributed by atoms with van der Waals surface area (Å²) in [5.41, 5.74) is 2.85. The molecule has 35 heavy (non-hydrogen) atoms. The molecule has 0 N–H and O–H groups in total. The number of likely N-dealkylation sites (N-methyl/N-ethyl adjacent to an activating group) is 1.